The molecular formula is C31H39N3O. The predicted octanol–water partition coefficient (Wildman–Crippen LogP) is 6.97. The van der Waals surface area contributed by atoms with Crippen molar-refractivity contribution in [1.82, 2.24) is 9.47 Å². The summed E-state index contributed by atoms with van der Waals surface area (Å²) in [4.78, 5) is 5.10. The predicted molar refractivity (Wildman–Crippen MR) is 149 cm³/mol. The van der Waals surface area contributed by atoms with Crippen molar-refractivity contribution in [2.45, 2.75) is 45.1 Å². The molecule has 4 nitrogen and oxygen atoms in total. The number of nitrogens with zero attached hydrogens (tertiary/aromatic N) is 3. The lowest BCUT2D eigenvalue weighted by molar-refractivity contribution is 0.251. The molecule has 0 atom stereocenters. The molecule has 1 aromatic heterocycles. The Kier molecular flexibility index (Phi) is 7.89. The first kappa shape index (κ1) is 23.7. The number of rotatable bonds is 11. The van der Waals surface area contributed by atoms with E-state index in [1.54, 1.807) is 7.11 Å². The molecule has 0 N–H and O–H groups in total. The van der Waals surface area contributed by atoms with Crippen molar-refractivity contribution in [3.63, 3.8) is 0 Å². The van der Waals surface area contributed by atoms with Gasteiger partial charge in [0.05, 0.1) is 12.8 Å². The summed E-state index contributed by atoms with van der Waals surface area (Å²) in [5.41, 5.74) is 3.98. The fourth-order valence-electron chi connectivity index (χ4n) is 5.66. The SMILES string of the molecule is COc1ccccc1N1CCN(CCCCCCCCn2c3ccccc3c3ccccc32)CC1. The summed E-state index contributed by atoms with van der Waals surface area (Å²) in [6.07, 6.45) is 7.95. The minimum atomic E-state index is 0.985. The van der Waals surface area contributed by atoms with Crippen LogP contribution in [0.4, 0.5) is 5.69 Å². The molecule has 4 aromatic rings. The molecule has 0 spiro atoms. The lowest BCUT2D eigenvalue weighted by Gasteiger charge is -2.36. The lowest BCUT2D eigenvalue weighted by Crippen LogP contribution is -2.46. The number of unbranched alkanes of at least 4 members (excludes halogenated alkanes) is 5. The Labute approximate surface area is 210 Å². The van der Waals surface area contributed by atoms with E-state index < -0.39 is 0 Å². The number of benzene rings is 3. The van der Waals surface area contributed by atoms with E-state index in [2.05, 4.69) is 81.1 Å². The average molecular weight is 470 g/mol. The monoisotopic (exact) mass is 469 g/mol. The maximum atomic E-state index is 5.55. The second kappa shape index (κ2) is 11.6. The second-order valence-electron chi connectivity index (χ2n) is 9.81. The highest BCUT2D eigenvalue weighted by atomic mass is 16.5. The number of piperazine rings is 1. The number of para-hydroxylation sites is 4. The second-order valence-corrected chi connectivity index (χ2v) is 9.81. The molecule has 3 aromatic carbocycles. The van der Waals surface area contributed by atoms with Gasteiger partial charge in [0.15, 0.2) is 0 Å². The smallest absolute Gasteiger partial charge is 0.142 e. The molecule has 1 fully saturated rings. The Morgan fingerprint density at radius 3 is 1.80 bits per heavy atom. The van der Waals surface area contributed by atoms with Gasteiger partial charge in [0, 0.05) is 54.5 Å². The van der Waals surface area contributed by atoms with Gasteiger partial charge in [-0.05, 0) is 43.7 Å². The molecule has 0 aliphatic carbocycles. The number of ether oxygens (including phenoxy) is 1. The Hall–Kier alpha value is -2.98. The van der Waals surface area contributed by atoms with Crippen LogP contribution in [-0.4, -0.2) is 49.3 Å². The summed E-state index contributed by atoms with van der Waals surface area (Å²) in [6, 6.07) is 26.1. The standard InChI is InChI=1S/C31H39N3O/c1-35-31-19-11-10-18-30(31)33-24-22-32(23-25-33)20-12-4-2-3-5-13-21-34-28-16-8-6-14-26(28)27-15-7-9-17-29(27)34/h6-11,14-19H,2-5,12-13,20-25H2,1H3. The van der Waals surface area contributed by atoms with E-state index in [0.717, 1.165) is 38.5 Å². The maximum absolute atomic E-state index is 5.55. The molecule has 5 rings (SSSR count). The Morgan fingerprint density at radius 2 is 1.14 bits per heavy atom. The molecule has 0 unspecified atom stereocenters. The van der Waals surface area contributed by atoms with E-state index in [-0.39, 0.29) is 0 Å². The van der Waals surface area contributed by atoms with Crippen LogP contribution in [0.3, 0.4) is 0 Å². The van der Waals surface area contributed by atoms with E-state index in [9.17, 15) is 0 Å². The minimum absolute atomic E-state index is 0.985. The van der Waals surface area contributed by atoms with Crippen molar-refractivity contribution in [3.8, 4) is 5.75 Å². The molecule has 0 radical (unpaired) electrons. The molecule has 0 saturated carbocycles. The third kappa shape index (κ3) is 5.48. The van der Waals surface area contributed by atoms with Crippen molar-refractivity contribution in [1.29, 1.82) is 0 Å². The summed E-state index contributed by atoms with van der Waals surface area (Å²) in [5.74, 6) is 0.985. The van der Waals surface area contributed by atoms with Crippen LogP contribution in [-0.2, 0) is 6.54 Å². The van der Waals surface area contributed by atoms with Crippen LogP contribution in [0.15, 0.2) is 72.8 Å². The Bertz CT molecular complexity index is 1170. The third-order valence-corrected chi connectivity index (χ3v) is 7.58. The zero-order valence-corrected chi connectivity index (χ0v) is 21.2. The number of aryl methyl sites for hydroxylation is 1. The zero-order chi connectivity index (χ0) is 23.9. The van der Waals surface area contributed by atoms with Gasteiger partial charge in [0.1, 0.15) is 5.75 Å². The van der Waals surface area contributed by atoms with Crippen LogP contribution >= 0.6 is 0 Å². The number of fused-ring (bicyclic) bond motifs is 3. The topological polar surface area (TPSA) is 20.6 Å². The zero-order valence-electron chi connectivity index (χ0n) is 21.2. The highest BCUT2D eigenvalue weighted by Gasteiger charge is 2.19. The molecule has 35 heavy (non-hydrogen) atoms. The largest absolute Gasteiger partial charge is 0.495 e. The summed E-state index contributed by atoms with van der Waals surface area (Å²) in [7, 11) is 1.76. The van der Waals surface area contributed by atoms with Crippen molar-refractivity contribution >= 4 is 27.5 Å². The van der Waals surface area contributed by atoms with Gasteiger partial charge < -0.3 is 14.2 Å². The van der Waals surface area contributed by atoms with Gasteiger partial charge >= 0.3 is 0 Å². The fraction of sp³-hybridized carbons (Fsp3) is 0.419. The van der Waals surface area contributed by atoms with Gasteiger partial charge in [-0.1, -0.05) is 74.2 Å². The van der Waals surface area contributed by atoms with Crippen LogP contribution in [0.2, 0.25) is 0 Å². The molecule has 2 heterocycles. The first-order valence-electron chi connectivity index (χ1n) is 13.4. The van der Waals surface area contributed by atoms with Crippen molar-refractivity contribution in [3.05, 3.63) is 72.8 Å². The van der Waals surface area contributed by atoms with Gasteiger partial charge in [-0.3, -0.25) is 4.90 Å². The molecule has 4 heteroatoms. The first-order valence-corrected chi connectivity index (χ1v) is 13.4. The molecule has 1 aliphatic heterocycles. The van der Waals surface area contributed by atoms with Crippen LogP contribution < -0.4 is 9.64 Å². The normalized spacial score (nSPS) is 14.7. The summed E-state index contributed by atoms with van der Waals surface area (Å²) in [6.45, 7) is 6.82. The summed E-state index contributed by atoms with van der Waals surface area (Å²) in [5, 5.41) is 2.76. The van der Waals surface area contributed by atoms with E-state index in [4.69, 9.17) is 4.74 Å². The molecule has 184 valence electrons. The highest BCUT2D eigenvalue weighted by Crippen LogP contribution is 2.30. The number of methoxy groups -OCH3 is 1. The van der Waals surface area contributed by atoms with Crippen LogP contribution in [0.5, 0.6) is 5.75 Å². The Morgan fingerprint density at radius 1 is 0.600 bits per heavy atom. The maximum Gasteiger partial charge on any atom is 0.142 e. The minimum Gasteiger partial charge on any atom is -0.495 e. The quantitative estimate of drug-likeness (QED) is 0.221. The van der Waals surface area contributed by atoms with Gasteiger partial charge in [0.25, 0.3) is 0 Å². The van der Waals surface area contributed by atoms with E-state index >= 15 is 0 Å². The van der Waals surface area contributed by atoms with Crippen LogP contribution in [0.25, 0.3) is 21.8 Å². The number of hydrogen-bond donors (Lipinski definition) is 0. The first-order chi connectivity index (χ1) is 17.3. The van der Waals surface area contributed by atoms with Gasteiger partial charge in [-0.15, -0.1) is 0 Å². The van der Waals surface area contributed by atoms with Gasteiger partial charge in [0.2, 0.25) is 0 Å². The van der Waals surface area contributed by atoms with E-state index in [1.165, 1.54) is 72.6 Å². The fourth-order valence-corrected chi connectivity index (χ4v) is 5.66. The van der Waals surface area contributed by atoms with E-state index in [0.29, 0.717) is 0 Å². The molecule has 0 bridgehead atoms. The van der Waals surface area contributed by atoms with Crippen LogP contribution in [0, 0.1) is 0 Å². The average Bonchev–Trinajstić information content (AvgIpc) is 3.24. The van der Waals surface area contributed by atoms with Gasteiger partial charge in [-0.2, -0.15) is 0 Å². The lowest BCUT2D eigenvalue weighted by atomic mass is 10.1. The van der Waals surface area contributed by atoms with Crippen molar-refractivity contribution in [2.75, 3.05) is 44.7 Å². The number of hydrogen-bond acceptors (Lipinski definition) is 3. The molecule has 1 aliphatic rings. The summed E-state index contributed by atoms with van der Waals surface area (Å²) >= 11 is 0. The Balaban J connectivity index is 0.988. The molecular weight excluding hydrogens is 430 g/mol. The molecule has 1 saturated heterocycles. The van der Waals surface area contributed by atoms with Crippen LogP contribution in [0.1, 0.15) is 38.5 Å². The highest BCUT2D eigenvalue weighted by molar-refractivity contribution is 6.07. The van der Waals surface area contributed by atoms with Gasteiger partial charge in [-0.25, -0.2) is 0 Å². The third-order valence-electron chi connectivity index (χ3n) is 7.58. The van der Waals surface area contributed by atoms with E-state index in [1.807, 2.05) is 6.07 Å². The number of anilines is 1. The molecule has 0 amide bonds. The van der Waals surface area contributed by atoms with Crippen molar-refractivity contribution in [2.24, 2.45) is 0 Å². The van der Waals surface area contributed by atoms with Crippen molar-refractivity contribution < 1.29 is 4.74 Å². The number of aromatic nitrogens is 1. The summed E-state index contributed by atoms with van der Waals surface area (Å²) < 4.78 is 8.07.